The Labute approximate surface area is 607 Å². The molecule has 0 aromatic carbocycles. The van der Waals surface area contributed by atoms with Gasteiger partial charge in [-0.25, -0.2) is 52.0 Å². The van der Waals surface area contributed by atoms with Gasteiger partial charge < -0.3 is 82.8 Å². The fourth-order valence-corrected chi connectivity index (χ4v) is 10.1. The number of carbonyl (C=O) groups is 1. The van der Waals surface area contributed by atoms with Crippen molar-refractivity contribution in [2.75, 3.05) is 184 Å². The average Bonchev–Trinajstić information content (AvgIpc) is 0.788. The summed E-state index contributed by atoms with van der Waals surface area (Å²) in [6.07, 6.45) is 3.93. The second kappa shape index (κ2) is 48.3. The lowest BCUT2D eigenvalue weighted by Crippen LogP contribution is -2.58. The molecule has 39 nitrogen and oxygen atoms in total. The molecule has 0 saturated carbocycles. The van der Waals surface area contributed by atoms with E-state index >= 15 is 0 Å². The predicted molar refractivity (Wildman–Crippen MR) is 378 cm³/mol. The van der Waals surface area contributed by atoms with Crippen molar-refractivity contribution in [2.24, 2.45) is 0 Å². The fourth-order valence-electron chi connectivity index (χ4n) is 10.1. The number of carbonyl (C=O) groups excluding carboxylic acids is 1. The van der Waals surface area contributed by atoms with Gasteiger partial charge in [-0.15, -0.1) is 0 Å². The van der Waals surface area contributed by atoms with Crippen molar-refractivity contribution >= 4 is 6.79 Å². The molecule has 0 atom stereocenters. The molecule has 7 aliphatic heterocycles. The number of halogens is 5. The summed E-state index contributed by atoms with van der Waals surface area (Å²) in [5.41, 5.74) is -8.74. The first-order valence-corrected chi connectivity index (χ1v) is 30.9. The number of hydrogen-bond acceptors (Lipinski definition) is 25. The van der Waals surface area contributed by atoms with E-state index in [0.717, 1.165) is 58.6 Å². The van der Waals surface area contributed by atoms with Crippen LogP contribution in [0.4, 0.5) is 22.0 Å². The molecule has 608 valence electrons. The van der Waals surface area contributed by atoms with Crippen molar-refractivity contribution < 1.29 is 83.7 Å². The largest absolute Gasteiger partial charge is 0.631 e. The molecule has 0 amide bonds. The molecule has 5 aromatic rings. The van der Waals surface area contributed by atoms with Gasteiger partial charge in [0.15, 0.2) is 26.7 Å². The van der Waals surface area contributed by atoms with Crippen molar-refractivity contribution in [3.05, 3.63) is 180 Å². The molecule has 0 radical (unpaired) electrons. The Hall–Kier alpha value is -8.00. The summed E-state index contributed by atoms with van der Waals surface area (Å²) in [7, 11) is 0. The standard InChI is InChI=1S/C14H22FN4O6.C14H21FN4O4.2C9H12FN3O4.C4H3FN2O2.C4H9NO.CH2O.7CH4/c15-12-9-16(10-18(22)1-5-24-6-2-18)14(21)17(13(12)20)11-19(23)3-7-25-8-4-19;15-12-9-18(10-16-1-5-22-6-2-16)14(21)19(13(12)20)11-17-3-7-23-8-4-17;10-7-5-12(9(15)11-8(7)14)6-13(16)1-3-17-4-2-13;10-7-5-11-9(15)12(8(7)14)6-13(16)1-3-17-4-2-13;5-2-1-6-4(9)7-3(2)8;1-3-6-4-2-5-1;1-2;;;;;;;/h9,22H,1-8,10-11H2;9H,1-8,10-11H2;5H,1-4,6H2,(H,11,14,15);5H,1-4,6H2,(H,11,15);1H,(H2,6,7,8,9);5H,1-4H2;1H2;7*1H4/q+1;;;;;;;;;;;;;. The second-order valence-corrected chi connectivity index (χ2v) is 22.9. The minimum absolute atomic E-state index is 0. The third kappa shape index (κ3) is 30.7. The van der Waals surface area contributed by atoms with Crippen molar-refractivity contribution in [2.45, 2.75) is 92.0 Å². The minimum atomic E-state index is -1.14. The Balaban J connectivity index is 0. The lowest BCUT2D eigenvalue weighted by molar-refractivity contribution is -1.12. The first kappa shape index (κ1) is 100. The normalized spacial score (nSPS) is 18.2. The van der Waals surface area contributed by atoms with Crippen LogP contribution < -0.4 is 61.6 Å². The van der Waals surface area contributed by atoms with Crippen LogP contribution in [0.15, 0.2) is 78.9 Å². The maximum absolute atomic E-state index is 14.0. The molecule has 12 heterocycles. The van der Waals surface area contributed by atoms with Crippen LogP contribution in [-0.2, 0) is 78.0 Å². The third-order valence-corrected chi connectivity index (χ3v) is 15.7. The molecule has 0 bridgehead atoms. The number of rotatable bonds is 12. The number of aromatic amines is 4. The second-order valence-electron chi connectivity index (χ2n) is 22.9. The van der Waals surface area contributed by atoms with E-state index in [0.29, 0.717) is 101 Å². The van der Waals surface area contributed by atoms with E-state index in [-0.39, 0.29) is 157 Å². The van der Waals surface area contributed by atoms with Crippen molar-refractivity contribution in [1.82, 2.24) is 62.5 Å². The fraction of sp³-hybridized carbons (Fsp3) is 0.661. The highest BCUT2D eigenvalue weighted by atomic mass is 19.1. The zero-order chi connectivity index (χ0) is 72.3. The van der Waals surface area contributed by atoms with Crippen LogP contribution in [-0.4, -0.2) is 272 Å². The summed E-state index contributed by atoms with van der Waals surface area (Å²) in [6.45, 7) is 13.3. The number of hydroxylamine groups is 12. The van der Waals surface area contributed by atoms with E-state index in [1.54, 1.807) is 4.98 Å². The van der Waals surface area contributed by atoms with Gasteiger partial charge in [0, 0.05) is 51.7 Å². The SMILES string of the molecule is C.C.C.C.C.C.C.C1COCCN1.C=O.O=c1[nH]c(=O)n(C[N+]2([O-])CCOCC2)cc1F.O=c1[nH]cc(F)c(=O)[nH]1.O=c1[nH]cc(F)c(=O)n1C[N+]1([O-])CCOCC1.O=c1c(F)cn(CN2CCOCC2)c(=O)n1CN1CCOCC1.O=c1c(F)cn(C[N+]2(O)CCOCC2)c(=O)n1C[N+]1([O-])CCOCC1. The van der Waals surface area contributed by atoms with Crippen molar-refractivity contribution in [1.29, 1.82) is 0 Å². The van der Waals surface area contributed by atoms with Gasteiger partial charge in [-0.1, -0.05) is 52.0 Å². The number of ether oxygens (including phenoxy) is 7. The quantitative estimate of drug-likeness (QED) is 0.0466. The number of morpholine rings is 7. The monoisotopic (exact) mass is 1540 g/mol. The number of quaternary nitrogens is 4. The highest BCUT2D eigenvalue weighted by Gasteiger charge is 2.33. The molecule has 7 saturated heterocycles. The lowest BCUT2D eigenvalue weighted by Gasteiger charge is -2.44. The van der Waals surface area contributed by atoms with Gasteiger partial charge in [-0.3, -0.25) is 48.3 Å². The van der Waals surface area contributed by atoms with Gasteiger partial charge in [0.25, 0.3) is 27.8 Å². The first-order chi connectivity index (χ1) is 47.2. The molecule has 106 heavy (non-hydrogen) atoms. The summed E-state index contributed by atoms with van der Waals surface area (Å²) >= 11 is 0. The molecule has 44 heteroatoms. The Morgan fingerprint density at radius 3 is 1.21 bits per heavy atom. The smallest absolute Gasteiger partial charge is 0.340 e. The number of hydrogen-bond donors (Lipinski definition) is 6. The van der Waals surface area contributed by atoms with Gasteiger partial charge in [0.1, 0.15) is 59.1 Å². The summed E-state index contributed by atoms with van der Waals surface area (Å²) in [5, 5.41) is 50.5. The maximum Gasteiger partial charge on any atom is 0.340 e. The van der Waals surface area contributed by atoms with Crippen molar-refractivity contribution in [3.63, 3.8) is 0 Å². The first-order valence-electron chi connectivity index (χ1n) is 30.9. The van der Waals surface area contributed by atoms with Crippen LogP contribution in [0.2, 0.25) is 0 Å². The lowest BCUT2D eigenvalue weighted by atomic mass is 10.4. The molecular weight excluding hydrogens is 1430 g/mol. The van der Waals surface area contributed by atoms with E-state index in [9.17, 15) is 90.7 Å². The average molecular weight is 1540 g/mol. The number of nitrogens with one attached hydrogen (secondary N) is 5. The molecule has 12 rings (SSSR count). The molecule has 0 unspecified atom stereocenters. The molecular formula is C62H109F5N17O22+. The molecule has 7 aliphatic rings. The summed E-state index contributed by atoms with van der Waals surface area (Å²) in [6, 6.07) is 0. The van der Waals surface area contributed by atoms with Crippen LogP contribution in [0.25, 0.3) is 0 Å². The number of H-pyrrole nitrogens is 4. The van der Waals surface area contributed by atoms with E-state index in [4.69, 9.17) is 38.0 Å². The van der Waals surface area contributed by atoms with Gasteiger partial charge in [-0.2, -0.15) is 26.6 Å². The Bertz CT molecular complexity index is 4000. The van der Waals surface area contributed by atoms with E-state index in [2.05, 4.69) is 10.3 Å². The maximum atomic E-state index is 14.0. The van der Waals surface area contributed by atoms with E-state index in [1.165, 1.54) is 4.57 Å². The van der Waals surface area contributed by atoms with Gasteiger partial charge in [0.05, 0.1) is 124 Å². The van der Waals surface area contributed by atoms with Crippen LogP contribution in [0.1, 0.15) is 52.0 Å². The van der Waals surface area contributed by atoms with Crippen LogP contribution in [0.3, 0.4) is 0 Å². The van der Waals surface area contributed by atoms with Crippen LogP contribution in [0.5, 0.6) is 0 Å². The molecule has 0 aliphatic carbocycles. The third-order valence-electron chi connectivity index (χ3n) is 15.7. The predicted octanol–water partition coefficient (Wildman–Crippen LogP) is -1.59. The van der Waals surface area contributed by atoms with Crippen LogP contribution >= 0.6 is 0 Å². The number of nitrogens with zero attached hydrogens (tertiary/aromatic N) is 12. The van der Waals surface area contributed by atoms with Crippen molar-refractivity contribution in [3.8, 4) is 0 Å². The molecule has 6 N–H and O–H groups in total. The summed E-state index contributed by atoms with van der Waals surface area (Å²) < 4.78 is 104. The highest BCUT2D eigenvalue weighted by molar-refractivity contribution is 5.11. The zero-order valence-corrected chi connectivity index (χ0v) is 53.9. The van der Waals surface area contributed by atoms with Gasteiger partial charge in [0.2, 0.25) is 29.1 Å². The Morgan fingerprint density at radius 2 is 0.764 bits per heavy atom. The molecule has 5 aromatic heterocycles. The van der Waals surface area contributed by atoms with Gasteiger partial charge >= 0.3 is 28.4 Å². The molecule has 7 fully saturated rings. The summed E-state index contributed by atoms with van der Waals surface area (Å²) in [5.74, 6) is -5.20. The topological polar surface area (TPSA) is 453 Å². The van der Waals surface area contributed by atoms with E-state index in [1.807, 2.05) is 26.6 Å². The van der Waals surface area contributed by atoms with Crippen LogP contribution in [0, 0.1) is 44.7 Å². The highest BCUT2D eigenvalue weighted by Crippen LogP contribution is 2.14. The Kier molecular flexibility index (Phi) is 45.6. The van der Waals surface area contributed by atoms with E-state index < -0.39 is 117 Å². The minimum Gasteiger partial charge on any atom is -0.631 e. The zero-order valence-electron chi connectivity index (χ0n) is 53.9. The molecule has 0 spiro atoms. The summed E-state index contributed by atoms with van der Waals surface area (Å²) in [4.78, 5) is 134. The van der Waals surface area contributed by atoms with Gasteiger partial charge in [-0.05, 0) is 0 Å². The number of aromatic nitrogens is 10. The Morgan fingerprint density at radius 1 is 0.396 bits per heavy atom.